The third kappa shape index (κ3) is 3.33. The molecule has 1 unspecified atom stereocenters. The van der Waals surface area contributed by atoms with E-state index >= 15 is 0 Å². The molecule has 17 heavy (non-hydrogen) atoms. The highest BCUT2D eigenvalue weighted by Gasteiger charge is 2.10. The van der Waals surface area contributed by atoms with Gasteiger partial charge in [-0.15, -0.1) is 11.3 Å². The molecule has 0 saturated heterocycles. The molecule has 0 fully saturated rings. The van der Waals surface area contributed by atoms with E-state index in [2.05, 4.69) is 18.8 Å². The molecule has 0 saturated carbocycles. The van der Waals surface area contributed by atoms with E-state index in [4.69, 9.17) is 0 Å². The first-order valence-corrected chi connectivity index (χ1v) is 7.66. The van der Waals surface area contributed by atoms with Crippen LogP contribution >= 0.6 is 23.1 Å². The molecule has 0 aliphatic carbocycles. The largest absolute Gasteiger partial charge is 0.298 e. The topological polar surface area (TPSA) is 34.4 Å². The van der Waals surface area contributed by atoms with Gasteiger partial charge in [0.25, 0.3) is 0 Å². The fourth-order valence-electron chi connectivity index (χ4n) is 1.47. The molecule has 5 heteroatoms. The Hall–Kier alpha value is -0.810. The number of carbonyl (C=O) groups is 1. The van der Waals surface area contributed by atoms with E-state index in [1.165, 1.54) is 0 Å². The molecule has 0 N–H and O–H groups in total. The molecule has 92 valence electrons. The fourth-order valence-corrected chi connectivity index (χ4v) is 2.99. The number of rotatable bonds is 6. The zero-order chi connectivity index (χ0) is 12.3. The molecule has 0 aliphatic heterocycles. The summed E-state index contributed by atoms with van der Waals surface area (Å²) in [5, 5.41) is 2.55. The van der Waals surface area contributed by atoms with Crippen LogP contribution in [0.5, 0.6) is 0 Å². The Morgan fingerprint density at radius 3 is 3.18 bits per heavy atom. The van der Waals surface area contributed by atoms with Crippen LogP contribution in [0, 0.1) is 0 Å². The highest BCUT2D eigenvalue weighted by atomic mass is 32.2. The van der Waals surface area contributed by atoms with E-state index in [0.29, 0.717) is 17.4 Å². The minimum atomic E-state index is 0.265. The number of thiazole rings is 1. The minimum absolute atomic E-state index is 0.265. The summed E-state index contributed by atoms with van der Waals surface area (Å²) < 4.78 is 1.97. The number of carbonyl (C=O) groups excluding carboxylic acids is 1. The monoisotopic (exact) mass is 268 g/mol. The van der Waals surface area contributed by atoms with Crippen molar-refractivity contribution in [2.45, 2.75) is 31.9 Å². The van der Waals surface area contributed by atoms with Gasteiger partial charge in [0.15, 0.2) is 4.96 Å². The zero-order valence-electron chi connectivity index (χ0n) is 10.0. The molecule has 2 aromatic heterocycles. The van der Waals surface area contributed by atoms with Crippen LogP contribution in [0.4, 0.5) is 0 Å². The van der Waals surface area contributed by atoms with Crippen LogP contribution in [0.15, 0.2) is 17.8 Å². The van der Waals surface area contributed by atoms with Crippen LogP contribution in [-0.4, -0.2) is 26.2 Å². The lowest BCUT2D eigenvalue weighted by molar-refractivity contribution is -0.116. The second-order valence-corrected chi connectivity index (χ2v) is 6.37. The zero-order valence-corrected chi connectivity index (χ0v) is 11.7. The smallest absolute Gasteiger partial charge is 0.193 e. The number of ketones is 1. The van der Waals surface area contributed by atoms with E-state index in [9.17, 15) is 4.79 Å². The number of hydrogen-bond donors (Lipinski definition) is 0. The van der Waals surface area contributed by atoms with Crippen LogP contribution in [0.1, 0.15) is 26.0 Å². The minimum Gasteiger partial charge on any atom is -0.298 e. The molecule has 1 atom stereocenters. The molecule has 0 radical (unpaired) electrons. The third-order valence-corrected chi connectivity index (χ3v) is 4.79. The third-order valence-electron chi connectivity index (χ3n) is 2.63. The van der Waals surface area contributed by atoms with E-state index < -0.39 is 0 Å². The second kappa shape index (κ2) is 5.69. The molecule has 2 rings (SSSR count). The highest BCUT2D eigenvalue weighted by molar-refractivity contribution is 8.00. The van der Waals surface area contributed by atoms with E-state index in [-0.39, 0.29) is 5.78 Å². The van der Waals surface area contributed by atoms with Crippen molar-refractivity contribution in [2.75, 3.05) is 5.75 Å². The van der Waals surface area contributed by atoms with Crippen LogP contribution < -0.4 is 0 Å². The predicted molar refractivity (Wildman–Crippen MR) is 74.0 cm³/mol. The highest BCUT2D eigenvalue weighted by Crippen LogP contribution is 2.15. The number of fused-ring (bicyclic) bond motifs is 1. The number of hydrogen-bond acceptors (Lipinski definition) is 4. The van der Waals surface area contributed by atoms with Gasteiger partial charge in [0.1, 0.15) is 5.78 Å². The molecule has 3 nitrogen and oxygen atoms in total. The number of imidazole rings is 1. The van der Waals surface area contributed by atoms with Crippen molar-refractivity contribution in [3.8, 4) is 0 Å². The first-order chi connectivity index (χ1) is 8.19. The predicted octanol–water partition coefficient (Wildman–Crippen LogP) is 3.04. The quantitative estimate of drug-likeness (QED) is 0.807. The fraction of sp³-hybridized carbons (Fsp3) is 0.500. The summed E-state index contributed by atoms with van der Waals surface area (Å²) in [5.74, 6) is 0.862. The summed E-state index contributed by atoms with van der Waals surface area (Å²) in [4.78, 5) is 17.1. The number of aromatic nitrogens is 2. The van der Waals surface area contributed by atoms with Crippen molar-refractivity contribution in [3.05, 3.63) is 23.5 Å². The number of nitrogens with zero attached hydrogens (tertiary/aromatic N) is 2. The van der Waals surface area contributed by atoms with Crippen LogP contribution in [0.2, 0.25) is 0 Å². The molecule has 0 aromatic carbocycles. The maximum atomic E-state index is 11.8. The first kappa shape index (κ1) is 12.6. The Kier molecular flexibility index (Phi) is 4.23. The van der Waals surface area contributed by atoms with Crippen LogP contribution in [0.3, 0.4) is 0 Å². The molecular formula is C12H16N2OS2. The van der Waals surface area contributed by atoms with Crippen molar-refractivity contribution in [1.82, 2.24) is 9.38 Å². The lowest BCUT2D eigenvalue weighted by Crippen LogP contribution is -2.08. The SMILES string of the molecule is CCC(C)SCC(=O)Cc1cn2ccsc2n1. The summed E-state index contributed by atoms with van der Waals surface area (Å²) >= 11 is 3.32. The molecule has 0 spiro atoms. The summed E-state index contributed by atoms with van der Waals surface area (Å²) in [5.41, 5.74) is 0.881. The van der Waals surface area contributed by atoms with Gasteiger partial charge < -0.3 is 0 Å². The van der Waals surface area contributed by atoms with Crippen molar-refractivity contribution >= 4 is 33.8 Å². The summed E-state index contributed by atoms with van der Waals surface area (Å²) in [7, 11) is 0. The van der Waals surface area contributed by atoms with Gasteiger partial charge in [0.2, 0.25) is 0 Å². The Morgan fingerprint density at radius 2 is 2.47 bits per heavy atom. The Bertz CT molecular complexity index is 475. The summed E-state index contributed by atoms with van der Waals surface area (Å²) in [6.45, 7) is 4.30. The molecule has 0 aliphatic rings. The standard InChI is InChI=1S/C12H16N2OS2/c1-3-9(2)17-8-11(15)6-10-7-14-4-5-16-12(14)13-10/h4-5,7,9H,3,6,8H2,1-2H3. The summed E-state index contributed by atoms with van der Waals surface area (Å²) in [6.07, 6.45) is 5.47. The van der Waals surface area contributed by atoms with Gasteiger partial charge in [-0.05, 0) is 6.42 Å². The van der Waals surface area contributed by atoms with Crippen molar-refractivity contribution in [3.63, 3.8) is 0 Å². The number of thioether (sulfide) groups is 1. The van der Waals surface area contributed by atoms with Gasteiger partial charge >= 0.3 is 0 Å². The van der Waals surface area contributed by atoms with E-state index in [0.717, 1.165) is 17.1 Å². The first-order valence-electron chi connectivity index (χ1n) is 5.73. The molecule has 0 bridgehead atoms. The van der Waals surface area contributed by atoms with Crippen molar-refractivity contribution in [2.24, 2.45) is 0 Å². The van der Waals surface area contributed by atoms with E-state index in [1.807, 2.05) is 22.2 Å². The van der Waals surface area contributed by atoms with Gasteiger partial charge in [0.05, 0.1) is 17.9 Å². The summed E-state index contributed by atoms with van der Waals surface area (Å²) in [6, 6.07) is 0. The van der Waals surface area contributed by atoms with Crippen molar-refractivity contribution in [1.29, 1.82) is 0 Å². The lowest BCUT2D eigenvalue weighted by Gasteiger charge is -2.06. The average molecular weight is 268 g/mol. The van der Waals surface area contributed by atoms with Crippen molar-refractivity contribution < 1.29 is 4.79 Å². The van der Waals surface area contributed by atoms with Crippen LogP contribution in [0.25, 0.3) is 4.96 Å². The molecule has 2 heterocycles. The normalized spacial score (nSPS) is 13.1. The maximum Gasteiger partial charge on any atom is 0.193 e. The molecule has 2 aromatic rings. The second-order valence-electron chi connectivity index (χ2n) is 4.07. The average Bonchev–Trinajstić information content (AvgIpc) is 2.86. The number of Topliss-reactive ketones (excluding diaryl/α,β-unsaturated/α-hetero) is 1. The van der Waals surface area contributed by atoms with Gasteiger partial charge in [0, 0.05) is 23.0 Å². The van der Waals surface area contributed by atoms with Gasteiger partial charge in [-0.25, -0.2) is 4.98 Å². The van der Waals surface area contributed by atoms with Gasteiger partial charge in [-0.2, -0.15) is 11.8 Å². The Balaban J connectivity index is 1.88. The van der Waals surface area contributed by atoms with Gasteiger partial charge in [-0.1, -0.05) is 13.8 Å². The van der Waals surface area contributed by atoms with Gasteiger partial charge in [-0.3, -0.25) is 9.20 Å². The molecule has 0 amide bonds. The Morgan fingerprint density at radius 1 is 1.65 bits per heavy atom. The lowest BCUT2D eigenvalue weighted by atomic mass is 10.2. The Labute approximate surface area is 109 Å². The maximum absolute atomic E-state index is 11.8. The van der Waals surface area contributed by atoms with E-state index in [1.54, 1.807) is 23.1 Å². The van der Waals surface area contributed by atoms with Crippen LogP contribution in [-0.2, 0) is 11.2 Å². The molecular weight excluding hydrogens is 252 g/mol.